The van der Waals surface area contributed by atoms with Crippen molar-refractivity contribution in [3.63, 3.8) is 0 Å². The van der Waals surface area contributed by atoms with Crippen LogP contribution in [0.1, 0.15) is 5.56 Å². The first-order valence-corrected chi connectivity index (χ1v) is 15.3. The zero-order valence-corrected chi connectivity index (χ0v) is 24.7. The monoisotopic (exact) mass is 587 g/mol. The lowest BCUT2D eigenvalue weighted by Crippen LogP contribution is -1.94. The van der Waals surface area contributed by atoms with Crippen molar-refractivity contribution in [2.75, 3.05) is 0 Å². The molecule has 0 N–H and O–H groups in total. The third-order valence-electron chi connectivity index (χ3n) is 8.94. The van der Waals surface area contributed by atoms with E-state index in [1.807, 2.05) is 66.7 Å². The highest BCUT2D eigenvalue weighted by molar-refractivity contribution is 6.09. The van der Waals surface area contributed by atoms with Crippen LogP contribution in [-0.4, -0.2) is 0 Å². The van der Waals surface area contributed by atoms with Gasteiger partial charge >= 0.3 is 0 Å². The van der Waals surface area contributed by atoms with Crippen LogP contribution in [0.2, 0.25) is 0 Å². The Kier molecular flexibility index (Phi) is 5.88. The Morgan fingerprint density at radius 2 is 0.935 bits per heavy atom. The topological polar surface area (TPSA) is 50.1 Å². The molecule has 0 amide bonds. The van der Waals surface area contributed by atoms with Gasteiger partial charge in [0.2, 0.25) is 0 Å². The van der Waals surface area contributed by atoms with Crippen molar-refractivity contribution in [2.24, 2.45) is 0 Å². The molecule has 2 aromatic heterocycles. The van der Waals surface area contributed by atoms with Crippen molar-refractivity contribution in [3.8, 4) is 50.6 Å². The van der Waals surface area contributed by atoms with Crippen LogP contribution in [0.5, 0.6) is 0 Å². The minimum atomic E-state index is 0.635. The van der Waals surface area contributed by atoms with Gasteiger partial charge in [0.1, 0.15) is 22.3 Å². The molecule has 0 bridgehead atoms. The van der Waals surface area contributed by atoms with Gasteiger partial charge in [-0.3, -0.25) is 0 Å². The molecule has 46 heavy (non-hydrogen) atoms. The van der Waals surface area contributed by atoms with E-state index < -0.39 is 0 Å². The van der Waals surface area contributed by atoms with Crippen molar-refractivity contribution in [1.82, 2.24) is 0 Å². The van der Waals surface area contributed by atoms with Crippen molar-refractivity contribution in [3.05, 3.63) is 157 Å². The molecule has 0 aliphatic rings. The summed E-state index contributed by atoms with van der Waals surface area (Å²) in [5, 5.41) is 14.4. The molecule has 214 valence electrons. The molecule has 0 aliphatic heterocycles. The van der Waals surface area contributed by atoms with Crippen molar-refractivity contribution >= 4 is 43.9 Å². The van der Waals surface area contributed by atoms with Gasteiger partial charge < -0.3 is 8.83 Å². The fourth-order valence-electron chi connectivity index (χ4n) is 6.79. The lowest BCUT2D eigenvalue weighted by atomic mass is 9.84. The van der Waals surface area contributed by atoms with Crippen LogP contribution in [0.25, 0.3) is 88.4 Å². The van der Waals surface area contributed by atoms with Gasteiger partial charge in [0.05, 0.1) is 11.6 Å². The van der Waals surface area contributed by atoms with Crippen LogP contribution >= 0.6 is 0 Å². The predicted molar refractivity (Wildman–Crippen MR) is 187 cm³/mol. The van der Waals surface area contributed by atoms with Crippen molar-refractivity contribution in [2.45, 2.75) is 0 Å². The summed E-state index contributed by atoms with van der Waals surface area (Å²) < 4.78 is 12.5. The summed E-state index contributed by atoms with van der Waals surface area (Å²) in [6.07, 6.45) is 0. The highest BCUT2D eigenvalue weighted by Crippen LogP contribution is 2.45. The van der Waals surface area contributed by atoms with Crippen molar-refractivity contribution in [1.29, 1.82) is 5.26 Å². The zero-order chi connectivity index (χ0) is 30.6. The largest absolute Gasteiger partial charge is 0.456 e. The minimum absolute atomic E-state index is 0.635. The van der Waals surface area contributed by atoms with Gasteiger partial charge in [0.25, 0.3) is 0 Å². The molecule has 3 nitrogen and oxygen atoms in total. The van der Waals surface area contributed by atoms with Crippen LogP contribution < -0.4 is 0 Å². The van der Waals surface area contributed by atoms with Gasteiger partial charge in [0.15, 0.2) is 0 Å². The Hall–Kier alpha value is -6.37. The van der Waals surface area contributed by atoms with E-state index in [4.69, 9.17) is 8.83 Å². The smallest absolute Gasteiger partial charge is 0.136 e. The first kappa shape index (κ1) is 26.1. The Morgan fingerprint density at radius 3 is 1.70 bits per heavy atom. The maximum atomic E-state index is 10.1. The van der Waals surface area contributed by atoms with Crippen LogP contribution in [0, 0.1) is 11.3 Å². The van der Waals surface area contributed by atoms with E-state index in [1.54, 1.807) is 0 Å². The summed E-state index contributed by atoms with van der Waals surface area (Å²) in [5.41, 5.74) is 12.4. The van der Waals surface area contributed by atoms with Gasteiger partial charge in [-0.1, -0.05) is 97.1 Å². The highest BCUT2D eigenvalue weighted by Gasteiger charge is 2.20. The Balaban J connectivity index is 1.39. The Labute approximate surface area is 265 Å². The van der Waals surface area contributed by atoms with E-state index in [2.05, 4.69) is 91.0 Å². The first-order valence-electron chi connectivity index (χ1n) is 15.3. The Morgan fingerprint density at radius 1 is 0.370 bits per heavy atom. The molecule has 9 aromatic rings. The Bertz CT molecular complexity index is 2650. The molecule has 7 aromatic carbocycles. The number of rotatable bonds is 4. The maximum absolute atomic E-state index is 10.1. The van der Waals surface area contributed by atoms with Gasteiger partial charge in [-0.2, -0.15) is 5.26 Å². The number of para-hydroxylation sites is 2. The van der Waals surface area contributed by atoms with Gasteiger partial charge in [0, 0.05) is 21.5 Å². The molecule has 9 rings (SSSR count). The molecule has 0 unspecified atom stereocenters. The van der Waals surface area contributed by atoms with E-state index in [0.717, 1.165) is 88.4 Å². The highest BCUT2D eigenvalue weighted by atomic mass is 16.3. The van der Waals surface area contributed by atoms with Crippen molar-refractivity contribution < 1.29 is 8.83 Å². The predicted octanol–water partition coefficient (Wildman–Crippen LogP) is 12.0. The number of nitriles is 1. The molecule has 0 radical (unpaired) electrons. The summed E-state index contributed by atoms with van der Waals surface area (Å²) in [4.78, 5) is 0. The summed E-state index contributed by atoms with van der Waals surface area (Å²) in [6.45, 7) is 0. The molecular formula is C43H25NO2. The molecule has 0 spiro atoms. The number of fused-ring (bicyclic) bond motifs is 6. The molecule has 0 saturated heterocycles. The average molecular weight is 588 g/mol. The lowest BCUT2D eigenvalue weighted by molar-refractivity contribution is 0.668. The summed E-state index contributed by atoms with van der Waals surface area (Å²) in [5.74, 6) is 0. The fraction of sp³-hybridized carbons (Fsp3) is 0. The number of hydrogen-bond acceptors (Lipinski definition) is 3. The molecular weight excluding hydrogens is 562 g/mol. The average Bonchev–Trinajstić information content (AvgIpc) is 3.69. The number of furan rings is 2. The number of nitrogens with zero attached hydrogens (tertiary/aromatic N) is 1. The third-order valence-corrected chi connectivity index (χ3v) is 8.94. The molecule has 0 atom stereocenters. The molecule has 2 heterocycles. The third kappa shape index (κ3) is 4.13. The van der Waals surface area contributed by atoms with E-state index in [1.165, 1.54) is 0 Å². The minimum Gasteiger partial charge on any atom is -0.456 e. The van der Waals surface area contributed by atoms with Gasteiger partial charge in [-0.15, -0.1) is 0 Å². The van der Waals surface area contributed by atoms with Gasteiger partial charge in [-0.05, 0) is 99.1 Å². The number of hydrogen-bond donors (Lipinski definition) is 0. The van der Waals surface area contributed by atoms with Crippen LogP contribution in [0.3, 0.4) is 0 Å². The standard InChI is InChI=1S/C43H25NO2/c44-26-30-12-4-5-13-32(30)31-23-36(28-19-21-41-38(22-28)34-15-7-9-17-40(34)45-41)43(27-10-2-1-3-11-27)37(24-31)29-18-20-35-33-14-6-8-16-39(33)46-42(35)25-29/h1-25H. The van der Waals surface area contributed by atoms with E-state index >= 15 is 0 Å². The molecule has 0 saturated carbocycles. The summed E-state index contributed by atoms with van der Waals surface area (Å²) in [6, 6.07) is 54.4. The lowest BCUT2D eigenvalue weighted by Gasteiger charge is -2.19. The normalized spacial score (nSPS) is 11.5. The van der Waals surface area contributed by atoms with Gasteiger partial charge in [-0.25, -0.2) is 0 Å². The molecule has 3 heteroatoms. The van der Waals surface area contributed by atoms with Crippen LogP contribution in [0.4, 0.5) is 0 Å². The maximum Gasteiger partial charge on any atom is 0.136 e. The zero-order valence-electron chi connectivity index (χ0n) is 24.7. The first-order chi connectivity index (χ1) is 22.7. The van der Waals surface area contributed by atoms with Crippen LogP contribution in [0.15, 0.2) is 160 Å². The summed E-state index contributed by atoms with van der Waals surface area (Å²) in [7, 11) is 0. The second kappa shape index (κ2) is 10.4. The number of benzene rings is 7. The summed E-state index contributed by atoms with van der Waals surface area (Å²) >= 11 is 0. The van der Waals surface area contributed by atoms with E-state index in [0.29, 0.717) is 5.56 Å². The quantitative estimate of drug-likeness (QED) is 0.206. The molecule has 0 fully saturated rings. The second-order valence-corrected chi connectivity index (χ2v) is 11.6. The van der Waals surface area contributed by atoms with E-state index in [9.17, 15) is 5.26 Å². The second-order valence-electron chi connectivity index (χ2n) is 11.6. The van der Waals surface area contributed by atoms with E-state index in [-0.39, 0.29) is 0 Å². The molecule has 0 aliphatic carbocycles. The van der Waals surface area contributed by atoms with Crippen LogP contribution in [-0.2, 0) is 0 Å². The SMILES string of the molecule is N#Cc1ccccc1-c1cc(-c2ccc3c(c2)oc2ccccc23)c(-c2ccccc2)c(-c2ccc3oc4ccccc4c3c2)c1. The fourth-order valence-corrected chi connectivity index (χ4v) is 6.79.